The quantitative estimate of drug-likeness (QED) is 0.107. The van der Waals surface area contributed by atoms with Crippen LogP contribution in [0.15, 0.2) is 138 Å². The molecular formula is C60H63GeIrN3O-2. The average Bonchev–Trinajstić information content (AvgIpc) is 3.91. The number of hydrogen-bond donors (Lipinski definition) is 0. The number of benzene rings is 6. The largest absolute Gasteiger partial charge is 0 e. The van der Waals surface area contributed by atoms with E-state index in [1.807, 2.05) is 18.2 Å². The van der Waals surface area contributed by atoms with Crippen molar-refractivity contribution >= 4 is 50.6 Å². The third-order valence-electron chi connectivity index (χ3n) is 13.4. The first-order valence-electron chi connectivity index (χ1n) is 23.9. The predicted molar refractivity (Wildman–Crippen MR) is 278 cm³/mol. The molecule has 10 rings (SSSR count). The van der Waals surface area contributed by atoms with Crippen LogP contribution in [0.5, 0.6) is 0 Å². The van der Waals surface area contributed by atoms with Gasteiger partial charge >= 0.3 is 137 Å². The van der Waals surface area contributed by atoms with Crippen LogP contribution in [0.3, 0.4) is 0 Å². The second kappa shape index (κ2) is 20.0. The Hall–Kier alpha value is -5.07. The Bertz CT molecular complexity index is 3070. The number of fused-ring (bicyclic) bond motifs is 4. The Labute approximate surface area is 409 Å². The molecular weight excluding hydrogens is 1040 g/mol. The number of imidazole rings is 1. The van der Waals surface area contributed by atoms with Gasteiger partial charge in [0.05, 0.1) is 22.4 Å². The molecule has 339 valence electrons. The predicted octanol–water partition coefficient (Wildman–Crippen LogP) is 16.6. The van der Waals surface area contributed by atoms with E-state index >= 15 is 0 Å². The van der Waals surface area contributed by atoms with Crippen LogP contribution >= 0.6 is 0 Å². The Morgan fingerprint density at radius 1 is 0.682 bits per heavy atom. The number of para-hydroxylation sites is 3. The second-order valence-corrected chi connectivity index (χ2v) is 30.6. The minimum absolute atomic E-state index is 0. The van der Waals surface area contributed by atoms with Gasteiger partial charge in [0.25, 0.3) is 0 Å². The summed E-state index contributed by atoms with van der Waals surface area (Å²) < 4.78 is 10.6. The zero-order valence-electron chi connectivity index (χ0n) is 40.1. The SMILES string of the molecule is CC(C)c1cc(-c2ccccc2)cc(C(C)C)c1-n1c(-c2[c-]cc(C(C)C)c3c2oc2ccccc23)nc2ccccc21.[CH3][Ge]([CH3])([CH3])[c]1cnc(-c2[c-]cccc2)cc1C1CCCCC1.[Ir]. The standard InChI is InChI=1S/C40H37N2O.C20H26GeN.Ir/c1-24(2)29-20-21-31(39-37(29)30-16-10-13-19-36(30)43-39)40-41-34-17-11-12-18-35(34)42(40)38-32(25(3)4)22-28(23-33(38)26(5)6)27-14-8-7-9-15-27;1-21(2,3)19-15-22-20(17-12-8-5-9-13-17)14-18(19)16-10-6-4-7-11-16;/h7-20,22-26H,1-6H3;5,8-9,12,14-16H,4,6-7,10-11H2,1-3H3;/q2*-1;. The zero-order chi connectivity index (χ0) is 45.4. The van der Waals surface area contributed by atoms with Gasteiger partial charge in [-0.25, -0.2) is 0 Å². The van der Waals surface area contributed by atoms with Gasteiger partial charge in [-0.05, 0) is 64.4 Å². The molecule has 1 aliphatic carbocycles. The fourth-order valence-electron chi connectivity index (χ4n) is 10.0. The van der Waals surface area contributed by atoms with Gasteiger partial charge in [-0.15, -0.1) is 17.7 Å². The molecule has 0 bridgehead atoms. The number of pyridine rings is 1. The first-order valence-corrected chi connectivity index (χ1v) is 31.3. The summed E-state index contributed by atoms with van der Waals surface area (Å²) in [7, 11) is 0. The Balaban J connectivity index is 0.000000217. The summed E-state index contributed by atoms with van der Waals surface area (Å²) in [6.45, 7) is 13.6. The summed E-state index contributed by atoms with van der Waals surface area (Å²) in [5.41, 5.74) is 16.0. The molecule has 6 heteroatoms. The Kier molecular flexibility index (Phi) is 14.4. The molecule has 4 nitrogen and oxygen atoms in total. The van der Waals surface area contributed by atoms with E-state index in [-0.39, 0.29) is 20.1 Å². The summed E-state index contributed by atoms with van der Waals surface area (Å²) in [6.07, 6.45) is 9.08. The summed E-state index contributed by atoms with van der Waals surface area (Å²) in [6, 6.07) is 52.0. The second-order valence-electron chi connectivity index (χ2n) is 20.0. The molecule has 3 heterocycles. The van der Waals surface area contributed by atoms with E-state index in [1.165, 1.54) is 65.6 Å². The summed E-state index contributed by atoms with van der Waals surface area (Å²) >= 11 is -1.89. The molecule has 1 fully saturated rings. The Morgan fingerprint density at radius 3 is 2.00 bits per heavy atom. The molecule has 66 heavy (non-hydrogen) atoms. The van der Waals surface area contributed by atoms with Crippen LogP contribution in [0.4, 0.5) is 0 Å². The van der Waals surface area contributed by atoms with Crippen LogP contribution in [0.1, 0.15) is 120 Å². The van der Waals surface area contributed by atoms with Crippen LogP contribution in [-0.4, -0.2) is 27.8 Å². The molecule has 0 aliphatic heterocycles. The molecule has 0 spiro atoms. The van der Waals surface area contributed by atoms with Crippen molar-refractivity contribution in [1.29, 1.82) is 0 Å². The number of aromatic nitrogens is 3. The van der Waals surface area contributed by atoms with E-state index < -0.39 is 13.3 Å². The van der Waals surface area contributed by atoms with E-state index in [0.29, 0.717) is 17.8 Å². The van der Waals surface area contributed by atoms with Gasteiger partial charge in [0.2, 0.25) is 0 Å². The van der Waals surface area contributed by atoms with Crippen molar-refractivity contribution in [2.24, 2.45) is 0 Å². The molecule has 0 N–H and O–H groups in total. The van der Waals surface area contributed by atoms with Gasteiger partial charge in [0.1, 0.15) is 5.58 Å². The van der Waals surface area contributed by atoms with E-state index in [4.69, 9.17) is 14.4 Å². The topological polar surface area (TPSA) is 43.9 Å². The number of furan rings is 1. The monoisotopic (exact) mass is 1110 g/mol. The first-order chi connectivity index (χ1) is 31.4. The summed E-state index contributed by atoms with van der Waals surface area (Å²) in [5.74, 6) is 9.98. The van der Waals surface area contributed by atoms with Crippen LogP contribution in [0, 0.1) is 12.1 Å². The molecule has 1 saturated carbocycles. The van der Waals surface area contributed by atoms with Crippen LogP contribution in [0.25, 0.3) is 72.4 Å². The third kappa shape index (κ3) is 9.42. The fraction of sp³-hybridized carbons (Fsp3) is 0.300. The van der Waals surface area contributed by atoms with Gasteiger partial charge in [0.15, 0.2) is 0 Å². The maximum atomic E-state index is 6.66. The van der Waals surface area contributed by atoms with Crippen LogP contribution < -0.4 is 4.40 Å². The number of hydrogen-bond acceptors (Lipinski definition) is 3. The van der Waals surface area contributed by atoms with Crippen molar-refractivity contribution in [1.82, 2.24) is 14.5 Å². The molecule has 0 amide bonds. The summed E-state index contributed by atoms with van der Waals surface area (Å²) in [5, 5.41) is 2.29. The normalized spacial score (nSPS) is 13.5. The van der Waals surface area contributed by atoms with E-state index in [9.17, 15) is 0 Å². The minimum Gasteiger partial charge on any atom is 0 e. The van der Waals surface area contributed by atoms with Gasteiger partial charge in [0, 0.05) is 31.2 Å². The molecule has 0 atom stereocenters. The van der Waals surface area contributed by atoms with Gasteiger partial charge in [-0.3, -0.25) is 4.98 Å². The van der Waals surface area contributed by atoms with Crippen LogP contribution in [-0.2, 0) is 20.1 Å². The number of rotatable bonds is 9. The molecule has 6 aromatic carbocycles. The Morgan fingerprint density at radius 2 is 1.33 bits per heavy atom. The minimum atomic E-state index is -1.89. The fourth-order valence-corrected chi connectivity index (χ4v) is 13.3. The van der Waals surface area contributed by atoms with E-state index in [1.54, 1.807) is 9.96 Å². The summed E-state index contributed by atoms with van der Waals surface area (Å²) in [4.78, 5) is 10.1. The van der Waals surface area contributed by atoms with Crippen LogP contribution in [0.2, 0.25) is 17.3 Å². The smallest absolute Gasteiger partial charge is 0 e. The van der Waals surface area contributed by atoms with Gasteiger partial charge < -0.3 is 8.98 Å². The van der Waals surface area contributed by atoms with Crippen molar-refractivity contribution < 1.29 is 24.5 Å². The maximum Gasteiger partial charge on any atom is 0 e. The van der Waals surface area contributed by atoms with Gasteiger partial charge in [-0.1, -0.05) is 119 Å². The first kappa shape index (κ1) is 47.4. The van der Waals surface area contributed by atoms with E-state index in [2.05, 4.69) is 191 Å². The molecule has 9 aromatic rings. The zero-order valence-corrected chi connectivity index (χ0v) is 44.6. The maximum absolute atomic E-state index is 6.66. The molecule has 0 unspecified atom stereocenters. The van der Waals surface area contributed by atoms with Crippen molar-refractivity contribution in [2.45, 2.75) is 115 Å². The third-order valence-corrected chi connectivity index (χ3v) is 17.7. The van der Waals surface area contributed by atoms with Crippen molar-refractivity contribution in [3.8, 4) is 39.5 Å². The molecule has 0 saturated heterocycles. The molecule has 1 aliphatic rings. The van der Waals surface area contributed by atoms with E-state index in [0.717, 1.165) is 61.5 Å². The van der Waals surface area contributed by atoms with Crippen molar-refractivity contribution in [2.75, 3.05) is 0 Å². The van der Waals surface area contributed by atoms with Crippen molar-refractivity contribution in [3.05, 3.63) is 168 Å². The van der Waals surface area contributed by atoms with Gasteiger partial charge in [-0.2, -0.15) is 0 Å². The average molecular weight is 1110 g/mol. The number of nitrogens with zero attached hydrogens (tertiary/aromatic N) is 3. The molecule has 3 aromatic heterocycles. The molecule has 1 radical (unpaired) electrons. The van der Waals surface area contributed by atoms with Crippen molar-refractivity contribution in [3.63, 3.8) is 0 Å².